The van der Waals surface area contributed by atoms with Crippen LogP contribution in [0.2, 0.25) is 0 Å². The van der Waals surface area contributed by atoms with E-state index >= 15 is 0 Å². The van der Waals surface area contributed by atoms with Gasteiger partial charge in [0, 0.05) is 24.8 Å². The fourth-order valence-corrected chi connectivity index (χ4v) is 1.98. The Kier molecular flexibility index (Phi) is 5.67. The molecule has 98 valence electrons. The van der Waals surface area contributed by atoms with Crippen LogP contribution in [0.3, 0.4) is 0 Å². The molecule has 3 nitrogen and oxygen atoms in total. The van der Waals surface area contributed by atoms with Gasteiger partial charge in [0.1, 0.15) is 5.82 Å². The molecule has 0 aliphatic rings. The molecule has 18 heavy (non-hydrogen) atoms. The maximum absolute atomic E-state index is 5.38. The van der Waals surface area contributed by atoms with E-state index < -0.39 is 0 Å². The number of rotatable bonds is 6. The summed E-state index contributed by atoms with van der Waals surface area (Å²) in [6.45, 7) is 8.76. The summed E-state index contributed by atoms with van der Waals surface area (Å²) < 4.78 is 0. The Morgan fingerprint density at radius 2 is 2.17 bits per heavy atom. The van der Waals surface area contributed by atoms with E-state index in [1.807, 2.05) is 18.9 Å². The molecule has 3 heteroatoms. The summed E-state index contributed by atoms with van der Waals surface area (Å²) in [6, 6.07) is 2.12. The van der Waals surface area contributed by atoms with Crippen LogP contribution in [0, 0.1) is 26.2 Å². The van der Waals surface area contributed by atoms with Gasteiger partial charge in [-0.05, 0) is 38.4 Å². The molecule has 0 unspecified atom stereocenters. The lowest BCUT2D eigenvalue weighted by atomic mass is 10.1. The van der Waals surface area contributed by atoms with Crippen LogP contribution in [0.5, 0.6) is 0 Å². The third kappa shape index (κ3) is 3.75. The average molecular weight is 245 g/mol. The minimum atomic E-state index is 0.580. The van der Waals surface area contributed by atoms with Crippen molar-refractivity contribution in [1.29, 1.82) is 0 Å². The molecular weight excluding hydrogens is 222 g/mol. The van der Waals surface area contributed by atoms with Gasteiger partial charge in [-0.3, -0.25) is 0 Å². The molecule has 1 heterocycles. The quantitative estimate of drug-likeness (QED) is 0.615. The molecular formula is C15H23N3. The topological polar surface area (TPSA) is 28.2 Å². The SMILES string of the molecule is C#CCN(C)c1nc(C)cc(C)c1CNCCC. The van der Waals surface area contributed by atoms with Crippen molar-refractivity contribution in [3.8, 4) is 12.3 Å². The second-order valence-corrected chi connectivity index (χ2v) is 4.62. The van der Waals surface area contributed by atoms with Crippen molar-refractivity contribution in [3.63, 3.8) is 0 Å². The first-order chi connectivity index (χ1) is 8.60. The van der Waals surface area contributed by atoms with Crippen LogP contribution in [-0.2, 0) is 6.54 Å². The van der Waals surface area contributed by atoms with Crippen LogP contribution in [0.15, 0.2) is 6.07 Å². The monoisotopic (exact) mass is 245 g/mol. The predicted molar refractivity (Wildman–Crippen MR) is 77.8 cm³/mol. The van der Waals surface area contributed by atoms with Crippen molar-refractivity contribution in [1.82, 2.24) is 10.3 Å². The van der Waals surface area contributed by atoms with E-state index in [0.717, 1.165) is 31.0 Å². The maximum Gasteiger partial charge on any atom is 0.134 e. The van der Waals surface area contributed by atoms with Gasteiger partial charge >= 0.3 is 0 Å². The van der Waals surface area contributed by atoms with Gasteiger partial charge < -0.3 is 10.2 Å². The molecule has 0 spiro atoms. The molecule has 1 N–H and O–H groups in total. The lowest BCUT2D eigenvalue weighted by molar-refractivity contribution is 0.670. The minimum Gasteiger partial charge on any atom is -0.348 e. The molecule has 1 aromatic heterocycles. The van der Waals surface area contributed by atoms with Gasteiger partial charge in [0.05, 0.1) is 6.54 Å². The van der Waals surface area contributed by atoms with Crippen LogP contribution in [0.4, 0.5) is 5.82 Å². The van der Waals surface area contributed by atoms with E-state index in [1.54, 1.807) is 0 Å². The number of terminal acetylenes is 1. The summed E-state index contributed by atoms with van der Waals surface area (Å²) >= 11 is 0. The smallest absolute Gasteiger partial charge is 0.134 e. The van der Waals surface area contributed by atoms with E-state index in [0.29, 0.717) is 6.54 Å². The first kappa shape index (κ1) is 14.5. The van der Waals surface area contributed by atoms with Gasteiger partial charge in [0.25, 0.3) is 0 Å². The number of nitrogens with zero attached hydrogens (tertiary/aromatic N) is 2. The fourth-order valence-electron chi connectivity index (χ4n) is 1.98. The van der Waals surface area contributed by atoms with E-state index in [-0.39, 0.29) is 0 Å². The van der Waals surface area contributed by atoms with Crippen LogP contribution < -0.4 is 10.2 Å². The number of hydrogen-bond donors (Lipinski definition) is 1. The molecule has 0 saturated heterocycles. The number of nitrogens with one attached hydrogen (secondary N) is 1. The van der Waals surface area contributed by atoms with Crippen molar-refractivity contribution >= 4 is 5.82 Å². The van der Waals surface area contributed by atoms with E-state index in [1.165, 1.54) is 11.1 Å². The van der Waals surface area contributed by atoms with E-state index in [9.17, 15) is 0 Å². The molecule has 0 aliphatic carbocycles. The normalized spacial score (nSPS) is 10.2. The van der Waals surface area contributed by atoms with Crippen LogP contribution >= 0.6 is 0 Å². The minimum absolute atomic E-state index is 0.580. The van der Waals surface area contributed by atoms with E-state index in [4.69, 9.17) is 6.42 Å². The summed E-state index contributed by atoms with van der Waals surface area (Å²) in [6.07, 6.45) is 6.51. The largest absolute Gasteiger partial charge is 0.348 e. The number of aromatic nitrogens is 1. The standard InChI is InChI=1S/C15H23N3/c1-6-8-16-11-14-12(3)10-13(4)17-15(14)18(5)9-7-2/h2,10,16H,6,8-9,11H2,1,3-5H3. The zero-order valence-electron chi connectivity index (χ0n) is 11.9. The molecule has 1 aromatic rings. The third-order valence-electron chi connectivity index (χ3n) is 2.87. The number of aryl methyl sites for hydroxylation is 2. The lowest BCUT2D eigenvalue weighted by Gasteiger charge is -2.21. The maximum atomic E-state index is 5.38. The molecule has 0 aromatic carbocycles. The molecule has 0 amide bonds. The van der Waals surface area contributed by atoms with Crippen LogP contribution in [-0.4, -0.2) is 25.1 Å². The van der Waals surface area contributed by atoms with E-state index in [2.05, 4.69) is 36.1 Å². The van der Waals surface area contributed by atoms with Gasteiger partial charge in [-0.2, -0.15) is 0 Å². The highest BCUT2D eigenvalue weighted by molar-refractivity contribution is 5.51. The number of hydrogen-bond acceptors (Lipinski definition) is 3. The van der Waals surface area contributed by atoms with Crippen molar-refractivity contribution in [2.45, 2.75) is 33.7 Å². The summed E-state index contributed by atoms with van der Waals surface area (Å²) in [5, 5.41) is 3.43. The highest BCUT2D eigenvalue weighted by Crippen LogP contribution is 2.21. The van der Waals surface area contributed by atoms with Gasteiger partial charge in [-0.25, -0.2) is 4.98 Å². The molecule has 0 bridgehead atoms. The predicted octanol–water partition coefficient (Wildman–Crippen LogP) is 2.27. The molecule has 0 saturated carbocycles. The molecule has 0 radical (unpaired) electrons. The highest BCUT2D eigenvalue weighted by atomic mass is 15.2. The van der Waals surface area contributed by atoms with Crippen molar-refractivity contribution in [2.75, 3.05) is 25.0 Å². The third-order valence-corrected chi connectivity index (χ3v) is 2.87. The Morgan fingerprint density at radius 1 is 1.44 bits per heavy atom. The summed E-state index contributed by atoms with van der Waals surface area (Å²) in [4.78, 5) is 6.65. The molecule has 1 rings (SSSR count). The van der Waals surface area contributed by atoms with Crippen molar-refractivity contribution < 1.29 is 0 Å². The summed E-state index contributed by atoms with van der Waals surface area (Å²) in [5.41, 5.74) is 3.54. The molecule has 0 fully saturated rings. The second-order valence-electron chi connectivity index (χ2n) is 4.62. The highest BCUT2D eigenvalue weighted by Gasteiger charge is 2.11. The zero-order chi connectivity index (χ0) is 13.5. The Morgan fingerprint density at radius 3 is 2.78 bits per heavy atom. The second kappa shape index (κ2) is 7.03. The fraction of sp³-hybridized carbons (Fsp3) is 0.533. The Balaban J connectivity index is 3.01. The Bertz CT molecular complexity index is 432. The summed E-state index contributed by atoms with van der Waals surface area (Å²) in [5.74, 6) is 3.66. The Labute approximate surface area is 111 Å². The first-order valence-electron chi connectivity index (χ1n) is 6.42. The van der Waals surface area contributed by atoms with Crippen molar-refractivity contribution in [3.05, 3.63) is 22.9 Å². The lowest BCUT2D eigenvalue weighted by Crippen LogP contribution is -2.24. The van der Waals surface area contributed by atoms with Gasteiger partial charge in [0.2, 0.25) is 0 Å². The summed E-state index contributed by atoms with van der Waals surface area (Å²) in [7, 11) is 1.99. The average Bonchev–Trinajstić information content (AvgIpc) is 2.31. The molecule has 0 atom stereocenters. The molecule has 0 aliphatic heterocycles. The van der Waals surface area contributed by atoms with Crippen LogP contribution in [0.1, 0.15) is 30.2 Å². The van der Waals surface area contributed by atoms with Gasteiger partial charge in [-0.15, -0.1) is 6.42 Å². The zero-order valence-corrected chi connectivity index (χ0v) is 11.9. The Hall–Kier alpha value is -1.53. The number of pyridine rings is 1. The van der Waals surface area contributed by atoms with Gasteiger partial charge in [0.15, 0.2) is 0 Å². The number of anilines is 1. The van der Waals surface area contributed by atoms with Gasteiger partial charge in [-0.1, -0.05) is 12.8 Å². The first-order valence-corrected chi connectivity index (χ1v) is 6.42. The van der Waals surface area contributed by atoms with Crippen molar-refractivity contribution in [2.24, 2.45) is 0 Å². The van der Waals surface area contributed by atoms with Crippen LogP contribution in [0.25, 0.3) is 0 Å².